The normalized spacial score (nSPS) is 12.0. The summed E-state index contributed by atoms with van der Waals surface area (Å²) in [5.74, 6) is 0.0382. The molecule has 0 unspecified atom stereocenters. The third kappa shape index (κ3) is 7.79. The quantitative estimate of drug-likeness (QED) is 0.318. The molecule has 0 bridgehead atoms. The molecule has 0 spiro atoms. The molecule has 0 aliphatic heterocycles. The van der Waals surface area contributed by atoms with Crippen molar-refractivity contribution in [3.05, 3.63) is 83.9 Å². The van der Waals surface area contributed by atoms with E-state index in [0.717, 1.165) is 15.4 Å². The summed E-state index contributed by atoms with van der Waals surface area (Å²) in [6, 6.07) is 19.3. The van der Waals surface area contributed by atoms with Crippen LogP contribution >= 0.6 is 0 Å². The van der Waals surface area contributed by atoms with Crippen molar-refractivity contribution >= 4 is 27.5 Å². The van der Waals surface area contributed by atoms with Gasteiger partial charge < -0.3 is 19.7 Å². The smallest absolute Gasteiger partial charge is 0.264 e. The summed E-state index contributed by atoms with van der Waals surface area (Å²) < 4.78 is 39.9. The fourth-order valence-corrected chi connectivity index (χ4v) is 5.88. The highest BCUT2D eigenvalue weighted by Crippen LogP contribution is 2.32. The zero-order chi connectivity index (χ0) is 30.2. The van der Waals surface area contributed by atoms with Crippen LogP contribution in [-0.4, -0.2) is 58.0 Å². The summed E-state index contributed by atoms with van der Waals surface area (Å²) in [7, 11) is -1.21. The second-order valence-electron chi connectivity index (χ2n) is 9.96. The molecule has 0 saturated heterocycles. The third-order valence-corrected chi connectivity index (χ3v) is 8.32. The average molecular weight is 582 g/mol. The first-order valence-corrected chi connectivity index (χ1v) is 14.9. The van der Waals surface area contributed by atoms with Gasteiger partial charge in [-0.05, 0) is 69.2 Å². The summed E-state index contributed by atoms with van der Waals surface area (Å²) in [6.07, 6.45) is 0.327. The Labute approximate surface area is 243 Å². The first-order chi connectivity index (χ1) is 19.5. The molecule has 3 rings (SSSR count). The van der Waals surface area contributed by atoms with Gasteiger partial charge in [0.05, 0.1) is 24.8 Å². The van der Waals surface area contributed by atoms with Gasteiger partial charge in [0.2, 0.25) is 11.8 Å². The van der Waals surface area contributed by atoms with Crippen molar-refractivity contribution in [2.45, 2.75) is 57.6 Å². The minimum Gasteiger partial charge on any atom is -0.497 e. The van der Waals surface area contributed by atoms with Crippen LogP contribution in [0.25, 0.3) is 0 Å². The zero-order valence-corrected chi connectivity index (χ0v) is 25.3. The minimum absolute atomic E-state index is 0.0331. The second-order valence-corrected chi connectivity index (χ2v) is 11.8. The number of para-hydroxylation sites is 2. The van der Waals surface area contributed by atoms with E-state index in [2.05, 4.69) is 5.32 Å². The van der Waals surface area contributed by atoms with Gasteiger partial charge >= 0.3 is 0 Å². The van der Waals surface area contributed by atoms with Crippen molar-refractivity contribution in [1.82, 2.24) is 10.2 Å². The van der Waals surface area contributed by atoms with Gasteiger partial charge in [0.15, 0.2) is 0 Å². The molecule has 0 aliphatic carbocycles. The SMILES string of the molecule is CC[C@H](C(=O)NC(C)C)N(Cc1cccc(OC)c1)C(=O)CN(c1ccccc1OC)S(=O)(=O)c1ccc(C)cc1. The molecular formula is C31H39N3O6S. The van der Waals surface area contributed by atoms with Crippen LogP contribution in [0.1, 0.15) is 38.3 Å². The number of hydrogen-bond acceptors (Lipinski definition) is 6. The van der Waals surface area contributed by atoms with E-state index < -0.39 is 28.5 Å². The maximum absolute atomic E-state index is 14.2. The van der Waals surface area contributed by atoms with Gasteiger partial charge in [-0.25, -0.2) is 8.42 Å². The summed E-state index contributed by atoms with van der Waals surface area (Å²) in [5, 5.41) is 2.89. The minimum atomic E-state index is -4.20. The molecule has 2 amide bonds. The van der Waals surface area contributed by atoms with E-state index in [1.165, 1.54) is 24.1 Å². The van der Waals surface area contributed by atoms with Gasteiger partial charge in [0.1, 0.15) is 24.1 Å². The van der Waals surface area contributed by atoms with E-state index >= 15 is 0 Å². The lowest BCUT2D eigenvalue weighted by molar-refractivity contribution is -0.140. The lowest BCUT2D eigenvalue weighted by atomic mass is 10.1. The topological polar surface area (TPSA) is 105 Å². The molecule has 41 heavy (non-hydrogen) atoms. The molecular weight excluding hydrogens is 542 g/mol. The monoisotopic (exact) mass is 581 g/mol. The number of anilines is 1. The van der Waals surface area contributed by atoms with E-state index in [1.54, 1.807) is 61.7 Å². The second kappa shape index (κ2) is 14.0. The predicted molar refractivity (Wildman–Crippen MR) is 160 cm³/mol. The number of hydrogen-bond donors (Lipinski definition) is 1. The highest BCUT2D eigenvalue weighted by molar-refractivity contribution is 7.92. The number of aryl methyl sites for hydroxylation is 1. The Hall–Kier alpha value is -4.05. The van der Waals surface area contributed by atoms with Gasteiger partial charge in [0, 0.05) is 12.6 Å². The Balaban J connectivity index is 2.11. The fourth-order valence-electron chi connectivity index (χ4n) is 4.45. The highest BCUT2D eigenvalue weighted by atomic mass is 32.2. The molecule has 1 atom stereocenters. The Morgan fingerprint density at radius 2 is 1.61 bits per heavy atom. The number of amides is 2. The molecule has 3 aromatic carbocycles. The molecule has 0 fully saturated rings. The number of methoxy groups -OCH3 is 2. The van der Waals surface area contributed by atoms with Crippen molar-refractivity contribution < 1.29 is 27.5 Å². The van der Waals surface area contributed by atoms with Gasteiger partial charge in [0.25, 0.3) is 10.0 Å². The fraction of sp³-hybridized carbons (Fsp3) is 0.355. The van der Waals surface area contributed by atoms with Crippen molar-refractivity contribution in [3.8, 4) is 11.5 Å². The Morgan fingerprint density at radius 3 is 2.22 bits per heavy atom. The van der Waals surface area contributed by atoms with Gasteiger partial charge in [-0.15, -0.1) is 0 Å². The van der Waals surface area contributed by atoms with Crippen molar-refractivity contribution in [3.63, 3.8) is 0 Å². The van der Waals surface area contributed by atoms with Crippen molar-refractivity contribution in [2.24, 2.45) is 0 Å². The van der Waals surface area contributed by atoms with Crippen LogP contribution in [0.2, 0.25) is 0 Å². The summed E-state index contributed by atoms with van der Waals surface area (Å²) in [4.78, 5) is 28.9. The number of carbonyl (C=O) groups excluding carboxylic acids is 2. The Morgan fingerprint density at radius 1 is 0.927 bits per heavy atom. The molecule has 1 N–H and O–H groups in total. The maximum atomic E-state index is 14.2. The first-order valence-electron chi connectivity index (χ1n) is 13.5. The number of rotatable bonds is 13. The zero-order valence-electron chi connectivity index (χ0n) is 24.5. The van der Waals surface area contributed by atoms with Crippen molar-refractivity contribution in [1.29, 1.82) is 0 Å². The molecule has 10 heteroatoms. The van der Waals surface area contributed by atoms with E-state index in [-0.39, 0.29) is 29.1 Å². The summed E-state index contributed by atoms with van der Waals surface area (Å²) >= 11 is 0. The van der Waals surface area contributed by atoms with Crippen molar-refractivity contribution in [2.75, 3.05) is 25.1 Å². The average Bonchev–Trinajstić information content (AvgIpc) is 2.95. The third-order valence-electron chi connectivity index (χ3n) is 6.55. The summed E-state index contributed by atoms with van der Waals surface area (Å²) in [5.41, 5.74) is 1.85. The van der Waals surface area contributed by atoms with Crippen LogP contribution in [0.4, 0.5) is 5.69 Å². The molecule has 0 heterocycles. The number of ether oxygens (including phenoxy) is 2. The molecule has 0 saturated carbocycles. The summed E-state index contributed by atoms with van der Waals surface area (Å²) in [6.45, 7) is 6.89. The lowest BCUT2D eigenvalue weighted by Gasteiger charge is -2.34. The van der Waals surface area contributed by atoms with E-state index in [1.807, 2.05) is 33.8 Å². The highest BCUT2D eigenvalue weighted by Gasteiger charge is 2.34. The molecule has 9 nitrogen and oxygen atoms in total. The molecule has 0 aliphatic rings. The van der Waals surface area contributed by atoms with E-state index in [9.17, 15) is 18.0 Å². The van der Waals surface area contributed by atoms with E-state index in [4.69, 9.17) is 9.47 Å². The van der Waals surface area contributed by atoms with Crippen LogP contribution in [-0.2, 0) is 26.2 Å². The van der Waals surface area contributed by atoms with Gasteiger partial charge in [-0.2, -0.15) is 0 Å². The maximum Gasteiger partial charge on any atom is 0.264 e. The lowest BCUT2D eigenvalue weighted by Crippen LogP contribution is -2.53. The van der Waals surface area contributed by atoms with E-state index in [0.29, 0.717) is 17.9 Å². The van der Waals surface area contributed by atoms with Gasteiger partial charge in [-0.3, -0.25) is 13.9 Å². The molecule has 3 aromatic rings. The van der Waals surface area contributed by atoms with Crippen LogP contribution in [0.15, 0.2) is 77.7 Å². The number of nitrogens with one attached hydrogen (secondary N) is 1. The standard InChI is InChI=1S/C31H39N3O6S/c1-7-27(31(36)32-22(2)3)33(20-24-11-10-12-25(19-24)39-5)30(35)21-34(28-13-8-9-14-29(28)40-6)41(37,38)26-17-15-23(4)16-18-26/h8-19,22,27H,7,20-21H2,1-6H3,(H,32,36)/t27-/m1/s1. The largest absolute Gasteiger partial charge is 0.497 e. The number of benzene rings is 3. The van der Waals surface area contributed by atoms with Crippen LogP contribution in [0, 0.1) is 6.92 Å². The molecule has 220 valence electrons. The Kier molecular flexibility index (Phi) is 10.8. The van der Waals surface area contributed by atoms with Crippen LogP contribution < -0.4 is 19.1 Å². The number of nitrogens with zero attached hydrogens (tertiary/aromatic N) is 2. The molecule has 0 radical (unpaired) electrons. The first kappa shape index (κ1) is 31.5. The molecule has 0 aromatic heterocycles. The van der Waals surface area contributed by atoms with Crippen LogP contribution in [0.5, 0.6) is 11.5 Å². The van der Waals surface area contributed by atoms with Gasteiger partial charge in [-0.1, -0.05) is 48.9 Å². The Bertz CT molecular complexity index is 1440. The van der Waals surface area contributed by atoms with Crippen LogP contribution in [0.3, 0.4) is 0 Å². The number of sulfonamides is 1. The predicted octanol–water partition coefficient (Wildman–Crippen LogP) is 4.54. The number of carbonyl (C=O) groups is 2.